The summed E-state index contributed by atoms with van der Waals surface area (Å²) in [6.45, 7) is 2.16. The van der Waals surface area contributed by atoms with Crippen molar-refractivity contribution in [2.24, 2.45) is 0 Å². The molecule has 0 saturated carbocycles. The SMILES string of the molecule is COCCn1ccc(NCc2ccoc2)n1. The summed E-state index contributed by atoms with van der Waals surface area (Å²) in [5.41, 5.74) is 1.10. The summed E-state index contributed by atoms with van der Waals surface area (Å²) >= 11 is 0. The molecule has 1 N–H and O–H groups in total. The van der Waals surface area contributed by atoms with Crippen LogP contribution in [0.25, 0.3) is 0 Å². The molecule has 2 aromatic rings. The van der Waals surface area contributed by atoms with Crippen LogP contribution in [0.4, 0.5) is 5.82 Å². The second kappa shape index (κ2) is 5.37. The molecule has 2 rings (SSSR count). The molecule has 0 unspecified atom stereocenters. The summed E-state index contributed by atoms with van der Waals surface area (Å²) in [5.74, 6) is 0.859. The van der Waals surface area contributed by atoms with E-state index in [9.17, 15) is 0 Å². The molecular weight excluding hydrogens is 206 g/mol. The number of methoxy groups -OCH3 is 1. The van der Waals surface area contributed by atoms with E-state index in [0.29, 0.717) is 6.61 Å². The summed E-state index contributed by atoms with van der Waals surface area (Å²) in [6, 6.07) is 3.87. The van der Waals surface area contributed by atoms with E-state index in [1.807, 2.05) is 23.0 Å². The van der Waals surface area contributed by atoms with Gasteiger partial charge in [-0.15, -0.1) is 0 Å². The average Bonchev–Trinajstić information content (AvgIpc) is 2.95. The minimum Gasteiger partial charge on any atom is -0.472 e. The molecule has 0 saturated heterocycles. The summed E-state index contributed by atoms with van der Waals surface area (Å²) in [7, 11) is 1.68. The third-order valence-corrected chi connectivity index (χ3v) is 2.22. The fourth-order valence-electron chi connectivity index (χ4n) is 1.35. The molecule has 2 aromatic heterocycles. The minimum atomic E-state index is 0.669. The van der Waals surface area contributed by atoms with E-state index in [2.05, 4.69) is 10.4 Å². The fraction of sp³-hybridized carbons (Fsp3) is 0.364. The highest BCUT2D eigenvalue weighted by Gasteiger charge is 1.99. The number of ether oxygens (including phenoxy) is 1. The van der Waals surface area contributed by atoms with E-state index in [4.69, 9.17) is 9.15 Å². The van der Waals surface area contributed by atoms with Gasteiger partial charge in [0.25, 0.3) is 0 Å². The molecule has 0 aliphatic heterocycles. The van der Waals surface area contributed by atoms with Gasteiger partial charge in [-0.1, -0.05) is 0 Å². The summed E-state index contributed by atoms with van der Waals surface area (Å²) in [6.07, 6.45) is 5.31. The van der Waals surface area contributed by atoms with Crippen molar-refractivity contribution in [3.05, 3.63) is 36.4 Å². The summed E-state index contributed by atoms with van der Waals surface area (Å²) in [5, 5.41) is 7.55. The van der Waals surface area contributed by atoms with Crippen LogP contribution in [0.2, 0.25) is 0 Å². The highest BCUT2D eigenvalue weighted by Crippen LogP contribution is 2.06. The van der Waals surface area contributed by atoms with Crippen LogP contribution in [0.5, 0.6) is 0 Å². The Balaban J connectivity index is 1.83. The Morgan fingerprint density at radius 3 is 3.19 bits per heavy atom. The smallest absolute Gasteiger partial charge is 0.148 e. The zero-order chi connectivity index (χ0) is 11.2. The summed E-state index contributed by atoms with van der Waals surface area (Å²) in [4.78, 5) is 0. The monoisotopic (exact) mass is 221 g/mol. The van der Waals surface area contributed by atoms with Crippen LogP contribution in [-0.2, 0) is 17.8 Å². The highest BCUT2D eigenvalue weighted by molar-refractivity contribution is 5.33. The van der Waals surface area contributed by atoms with Crippen LogP contribution >= 0.6 is 0 Å². The lowest BCUT2D eigenvalue weighted by Crippen LogP contribution is -2.06. The molecule has 0 aliphatic rings. The average molecular weight is 221 g/mol. The zero-order valence-corrected chi connectivity index (χ0v) is 9.22. The van der Waals surface area contributed by atoms with Crippen LogP contribution < -0.4 is 5.32 Å². The van der Waals surface area contributed by atoms with Crippen LogP contribution in [0, 0.1) is 0 Å². The van der Waals surface area contributed by atoms with Crippen molar-refractivity contribution < 1.29 is 9.15 Å². The maximum atomic E-state index is 4.98. The molecule has 5 nitrogen and oxygen atoms in total. The van der Waals surface area contributed by atoms with Crippen LogP contribution in [0.3, 0.4) is 0 Å². The maximum absolute atomic E-state index is 4.98. The highest BCUT2D eigenvalue weighted by atomic mass is 16.5. The fourth-order valence-corrected chi connectivity index (χ4v) is 1.35. The minimum absolute atomic E-state index is 0.669. The van der Waals surface area contributed by atoms with Crippen LogP contribution in [0.1, 0.15) is 5.56 Å². The van der Waals surface area contributed by atoms with Crippen molar-refractivity contribution in [2.45, 2.75) is 13.1 Å². The molecular formula is C11H15N3O2. The first-order chi connectivity index (χ1) is 7.88. The Morgan fingerprint density at radius 2 is 2.44 bits per heavy atom. The normalized spacial score (nSPS) is 10.6. The van der Waals surface area contributed by atoms with E-state index in [0.717, 1.165) is 24.5 Å². The maximum Gasteiger partial charge on any atom is 0.148 e. The standard InChI is InChI=1S/C11H15N3O2/c1-15-7-5-14-4-2-11(13-14)12-8-10-3-6-16-9-10/h2-4,6,9H,5,7-8H2,1H3,(H,12,13). The second-order valence-electron chi connectivity index (χ2n) is 3.44. The van der Waals surface area contributed by atoms with Crippen molar-refractivity contribution in [3.8, 4) is 0 Å². The van der Waals surface area contributed by atoms with Gasteiger partial charge in [0.2, 0.25) is 0 Å². The number of rotatable bonds is 6. The third-order valence-electron chi connectivity index (χ3n) is 2.22. The van der Waals surface area contributed by atoms with E-state index >= 15 is 0 Å². The predicted molar refractivity (Wildman–Crippen MR) is 60.1 cm³/mol. The van der Waals surface area contributed by atoms with Gasteiger partial charge < -0.3 is 14.5 Å². The van der Waals surface area contributed by atoms with Gasteiger partial charge in [-0.25, -0.2) is 0 Å². The van der Waals surface area contributed by atoms with Gasteiger partial charge in [0, 0.05) is 31.5 Å². The first-order valence-electron chi connectivity index (χ1n) is 5.16. The van der Waals surface area contributed by atoms with E-state index in [1.165, 1.54) is 0 Å². The molecule has 0 aromatic carbocycles. The molecule has 0 amide bonds. The van der Waals surface area contributed by atoms with E-state index in [-0.39, 0.29) is 0 Å². The van der Waals surface area contributed by atoms with E-state index in [1.54, 1.807) is 19.6 Å². The van der Waals surface area contributed by atoms with Crippen LogP contribution in [0.15, 0.2) is 35.3 Å². The quantitative estimate of drug-likeness (QED) is 0.807. The molecule has 16 heavy (non-hydrogen) atoms. The second-order valence-corrected chi connectivity index (χ2v) is 3.44. The lowest BCUT2D eigenvalue weighted by molar-refractivity contribution is 0.183. The molecule has 0 radical (unpaired) electrons. The molecule has 0 aliphatic carbocycles. The van der Waals surface area contributed by atoms with Gasteiger partial charge in [0.05, 0.1) is 25.7 Å². The van der Waals surface area contributed by atoms with Crippen molar-refractivity contribution in [1.82, 2.24) is 9.78 Å². The Kier molecular flexibility index (Phi) is 3.61. The largest absolute Gasteiger partial charge is 0.472 e. The van der Waals surface area contributed by atoms with Gasteiger partial charge in [-0.2, -0.15) is 5.10 Å². The number of aromatic nitrogens is 2. The van der Waals surface area contributed by atoms with Gasteiger partial charge in [-0.05, 0) is 6.07 Å². The van der Waals surface area contributed by atoms with Crippen molar-refractivity contribution in [1.29, 1.82) is 0 Å². The number of nitrogens with zero attached hydrogens (tertiary/aromatic N) is 2. The van der Waals surface area contributed by atoms with Gasteiger partial charge in [0.15, 0.2) is 0 Å². The topological polar surface area (TPSA) is 52.2 Å². The number of anilines is 1. The molecule has 0 spiro atoms. The molecule has 5 heteroatoms. The Labute approximate surface area is 94.0 Å². The van der Waals surface area contributed by atoms with E-state index < -0.39 is 0 Å². The first kappa shape index (κ1) is 10.8. The number of hydrogen-bond acceptors (Lipinski definition) is 4. The molecule has 0 atom stereocenters. The Hall–Kier alpha value is -1.75. The van der Waals surface area contributed by atoms with Crippen LogP contribution in [-0.4, -0.2) is 23.5 Å². The zero-order valence-electron chi connectivity index (χ0n) is 9.22. The van der Waals surface area contributed by atoms with Crippen molar-refractivity contribution >= 4 is 5.82 Å². The Bertz CT molecular complexity index is 409. The molecule has 86 valence electrons. The predicted octanol–water partition coefficient (Wildman–Crippen LogP) is 1.73. The molecule has 0 fully saturated rings. The summed E-state index contributed by atoms with van der Waals surface area (Å²) < 4.78 is 11.8. The molecule has 0 bridgehead atoms. The van der Waals surface area contributed by atoms with Gasteiger partial charge in [-0.3, -0.25) is 4.68 Å². The lowest BCUT2D eigenvalue weighted by atomic mass is 10.3. The van der Waals surface area contributed by atoms with Gasteiger partial charge >= 0.3 is 0 Å². The first-order valence-corrected chi connectivity index (χ1v) is 5.16. The number of nitrogens with one attached hydrogen (secondary N) is 1. The van der Waals surface area contributed by atoms with Gasteiger partial charge in [0.1, 0.15) is 5.82 Å². The van der Waals surface area contributed by atoms with Crippen molar-refractivity contribution in [2.75, 3.05) is 19.0 Å². The van der Waals surface area contributed by atoms with Crippen molar-refractivity contribution in [3.63, 3.8) is 0 Å². The number of furan rings is 1. The Morgan fingerprint density at radius 1 is 1.50 bits per heavy atom. The lowest BCUT2D eigenvalue weighted by Gasteiger charge is -2.01. The third kappa shape index (κ3) is 2.87. The number of hydrogen-bond donors (Lipinski definition) is 1. The molecule has 2 heterocycles.